The van der Waals surface area contributed by atoms with Crippen LogP contribution in [0.25, 0.3) is 11.1 Å². The fourth-order valence-electron chi connectivity index (χ4n) is 1.30. The smallest absolute Gasteiger partial charge is 0.255 e. The van der Waals surface area contributed by atoms with E-state index < -0.39 is 0 Å². The lowest BCUT2D eigenvalue weighted by Gasteiger charge is -2.00. The van der Waals surface area contributed by atoms with E-state index >= 15 is 0 Å². The van der Waals surface area contributed by atoms with E-state index in [1.165, 1.54) is 30.5 Å². The van der Waals surface area contributed by atoms with Crippen molar-refractivity contribution >= 4 is 11.6 Å². The van der Waals surface area contributed by atoms with E-state index in [1.54, 1.807) is 6.07 Å². The Balaban J connectivity index is 2.58. The molecule has 76 valence electrons. The average molecular weight is 224 g/mol. The van der Waals surface area contributed by atoms with Gasteiger partial charge < -0.3 is 4.98 Å². The van der Waals surface area contributed by atoms with Gasteiger partial charge in [-0.3, -0.25) is 4.79 Å². The van der Waals surface area contributed by atoms with E-state index in [9.17, 15) is 9.18 Å². The topological polar surface area (TPSA) is 32.9 Å². The van der Waals surface area contributed by atoms with Crippen molar-refractivity contribution in [3.63, 3.8) is 0 Å². The third kappa shape index (κ3) is 2.07. The lowest BCUT2D eigenvalue weighted by atomic mass is 10.1. The molecule has 2 aromatic rings. The molecule has 1 aromatic heterocycles. The molecule has 2 nitrogen and oxygen atoms in total. The molecule has 0 spiro atoms. The van der Waals surface area contributed by atoms with Crippen molar-refractivity contribution < 1.29 is 4.39 Å². The highest BCUT2D eigenvalue weighted by Crippen LogP contribution is 2.18. The zero-order valence-electron chi connectivity index (χ0n) is 7.63. The van der Waals surface area contributed by atoms with Gasteiger partial charge in [-0.05, 0) is 23.8 Å². The van der Waals surface area contributed by atoms with Crippen LogP contribution in [0.15, 0.2) is 41.3 Å². The number of rotatable bonds is 1. The summed E-state index contributed by atoms with van der Waals surface area (Å²) in [4.78, 5) is 13.9. The molecule has 0 saturated heterocycles. The van der Waals surface area contributed by atoms with Crippen molar-refractivity contribution in [1.29, 1.82) is 0 Å². The highest BCUT2D eigenvalue weighted by atomic mass is 35.5. The maximum absolute atomic E-state index is 12.7. The maximum Gasteiger partial charge on any atom is 0.255 e. The summed E-state index contributed by atoms with van der Waals surface area (Å²) in [6.07, 6.45) is 1.41. The minimum absolute atomic E-state index is 0.244. The molecule has 0 atom stereocenters. The van der Waals surface area contributed by atoms with Crippen molar-refractivity contribution in [2.24, 2.45) is 0 Å². The molecule has 15 heavy (non-hydrogen) atoms. The number of aromatic amines is 1. The van der Waals surface area contributed by atoms with Gasteiger partial charge >= 0.3 is 0 Å². The van der Waals surface area contributed by atoms with Crippen LogP contribution in [0.5, 0.6) is 0 Å². The Morgan fingerprint density at radius 3 is 2.53 bits per heavy atom. The first kappa shape index (κ1) is 9.93. The molecule has 0 bridgehead atoms. The van der Waals surface area contributed by atoms with Gasteiger partial charge in [0.25, 0.3) is 5.56 Å². The second-order valence-corrected chi connectivity index (χ2v) is 3.50. The number of aromatic nitrogens is 1. The van der Waals surface area contributed by atoms with Crippen molar-refractivity contribution in [2.45, 2.75) is 0 Å². The zero-order chi connectivity index (χ0) is 10.8. The number of pyridine rings is 1. The number of hydrogen-bond donors (Lipinski definition) is 1. The first-order valence-corrected chi connectivity index (χ1v) is 4.69. The summed E-state index contributed by atoms with van der Waals surface area (Å²) in [5, 5.41) is 0.439. The molecule has 2 rings (SSSR count). The minimum Gasteiger partial charge on any atom is -0.327 e. The Bertz CT molecular complexity index is 533. The van der Waals surface area contributed by atoms with Crippen LogP contribution in [0.3, 0.4) is 0 Å². The predicted octanol–water partition coefficient (Wildman–Crippen LogP) is 2.83. The lowest BCUT2D eigenvalue weighted by molar-refractivity contribution is 0.628. The van der Waals surface area contributed by atoms with Gasteiger partial charge in [0.05, 0.1) is 5.02 Å². The van der Waals surface area contributed by atoms with Gasteiger partial charge in [-0.2, -0.15) is 0 Å². The minimum atomic E-state index is -0.336. The Kier molecular flexibility index (Phi) is 2.56. The number of hydrogen-bond acceptors (Lipinski definition) is 1. The highest BCUT2D eigenvalue weighted by Gasteiger charge is 2.03. The number of H-pyrrole nitrogens is 1. The van der Waals surface area contributed by atoms with Crippen LogP contribution in [-0.4, -0.2) is 4.98 Å². The summed E-state index contributed by atoms with van der Waals surface area (Å²) >= 11 is 5.75. The summed E-state index contributed by atoms with van der Waals surface area (Å²) in [5.74, 6) is -0.336. The molecule has 0 saturated carbocycles. The zero-order valence-corrected chi connectivity index (χ0v) is 8.38. The molecule has 0 aliphatic heterocycles. The van der Waals surface area contributed by atoms with Crippen LogP contribution in [0.4, 0.5) is 4.39 Å². The van der Waals surface area contributed by atoms with E-state index in [2.05, 4.69) is 4.98 Å². The van der Waals surface area contributed by atoms with E-state index in [1.807, 2.05) is 0 Å². The van der Waals surface area contributed by atoms with Crippen molar-refractivity contribution in [3.8, 4) is 11.1 Å². The van der Waals surface area contributed by atoms with Crippen molar-refractivity contribution in [1.82, 2.24) is 4.98 Å². The molecule has 4 heteroatoms. The predicted molar refractivity (Wildman–Crippen MR) is 57.5 cm³/mol. The molecule has 0 aliphatic rings. The van der Waals surface area contributed by atoms with Gasteiger partial charge in [-0.15, -0.1) is 0 Å². The maximum atomic E-state index is 12.7. The van der Waals surface area contributed by atoms with Crippen molar-refractivity contribution in [3.05, 3.63) is 57.7 Å². The third-order valence-electron chi connectivity index (χ3n) is 2.02. The second-order valence-electron chi connectivity index (χ2n) is 3.07. The molecule has 0 radical (unpaired) electrons. The van der Waals surface area contributed by atoms with E-state index in [0.717, 1.165) is 0 Å². The standard InChI is InChI=1S/C11H7ClFNO/c12-8-5-10(11(15)14-6-8)7-1-3-9(13)4-2-7/h1-6H,(H,14,15). The van der Waals surface area contributed by atoms with Gasteiger partial charge in [0, 0.05) is 11.8 Å². The molecule has 1 N–H and O–H groups in total. The summed E-state index contributed by atoms with van der Waals surface area (Å²) in [7, 11) is 0. The largest absolute Gasteiger partial charge is 0.327 e. The molecular weight excluding hydrogens is 217 g/mol. The quantitative estimate of drug-likeness (QED) is 0.792. The fraction of sp³-hybridized carbons (Fsp3) is 0. The van der Waals surface area contributed by atoms with Gasteiger partial charge in [0.2, 0.25) is 0 Å². The van der Waals surface area contributed by atoms with Crippen LogP contribution >= 0.6 is 11.6 Å². The van der Waals surface area contributed by atoms with Crippen LogP contribution in [-0.2, 0) is 0 Å². The summed E-state index contributed by atoms with van der Waals surface area (Å²) in [6, 6.07) is 7.23. The van der Waals surface area contributed by atoms with Gasteiger partial charge in [0.1, 0.15) is 5.82 Å². The SMILES string of the molecule is O=c1[nH]cc(Cl)cc1-c1ccc(F)cc1. The number of halogens is 2. The van der Waals surface area contributed by atoms with E-state index in [0.29, 0.717) is 16.1 Å². The second kappa shape index (κ2) is 3.87. The summed E-state index contributed by atoms with van der Waals surface area (Å²) in [5.41, 5.74) is 0.827. The van der Waals surface area contributed by atoms with Crippen molar-refractivity contribution in [2.75, 3.05) is 0 Å². The number of benzene rings is 1. The third-order valence-corrected chi connectivity index (χ3v) is 2.24. The normalized spacial score (nSPS) is 10.3. The molecule has 1 aromatic carbocycles. The lowest BCUT2D eigenvalue weighted by Crippen LogP contribution is -2.07. The van der Waals surface area contributed by atoms with Crippen LogP contribution in [0, 0.1) is 5.82 Å². The Morgan fingerprint density at radius 1 is 1.20 bits per heavy atom. The Morgan fingerprint density at radius 2 is 1.87 bits per heavy atom. The molecule has 0 amide bonds. The van der Waals surface area contributed by atoms with Gasteiger partial charge in [-0.1, -0.05) is 23.7 Å². The van der Waals surface area contributed by atoms with E-state index in [4.69, 9.17) is 11.6 Å². The monoisotopic (exact) mass is 223 g/mol. The molecular formula is C11H7ClFNO. The summed E-state index contributed by atoms with van der Waals surface area (Å²) < 4.78 is 12.7. The van der Waals surface area contributed by atoms with Gasteiger partial charge in [0.15, 0.2) is 0 Å². The molecule has 1 heterocycles. The fourth-order valence-corrected chi connectivity index (χ4v) is 1.46. The molecule has 0 unspecified atom stereocenters. The average Bonchev–Trinajstić information content (AvgIpc) is 2.23. The molecule has 0 fully saturated rings. The van der Waals surface area contributed by atoms with Gasteiger partial charge in [-0.25, -0.2) is 4.39 Å². The van der Waals surface area contributed by atoms with Crippen LogP contribution in [0.2, 0.25) is 5.02 Å². The Hall–Kier alpha value is -1.61. The van der Waals surface area contributed by atoms with Crippen LogP contribution in [0.1, 0.15) is 0 Å². The number of nitrogens with one attached hydrogen (secondary N) is 1. The Labute approximate surface area is 90.3 Å². The molecule has 0 aliphatic carbocycles. The summed E-state index contributed by atoms with van der Waals surface area (Å²) in [6.45, 7) is 0. The van der Waals surface area contributed by atoms with Crippen LogP contribution < -0.4 is 5.56 Å². The highest BCUT2D eigenvalue weighted by molar-refractivity contribution is 6.30. The van der Waals surface area contributed by atoms with E-state index in [-0.39, 0.29) is 11.4 Å². The first-order valence-electron chi connectivity index (χ1n) is 4.31. The first-order chi connectivity index (χ1) is 7.16.